The monoisotopic (exact) mass is 265 g/mol. The van der Waals surface area contributed by atoms with Crippen molar-refractivity contribution in [2.45, 2.75) is 84.1 Å². The molecular weight excluding hydrogens is 234 g/mol. The molecule has 110 valence electrons. The molecule has 2 nitrogen and oxygen atoms in total. The number of likely N-dealkylation sites (tertiary alicyclic amines) is 1. The maximum atomic E-state index is 12.5. The van der Waals surface area contributed by atoms with Gasteiger partial charge >= 0.3 is 0 Å². The number of piperidine rings is 1. The highest BCUT2D eigenvalue weighted by Crippen LogP contribution is 2.29. The number of carbonyl (C=O) groups is 1. The maximum absolute atomic E-state index is 12.5. The Kier molecular flexibility index (Phi) is 5.72. The lowest BCUT2D eigenvalue weighted by Crippen LogP contribution is -2.46. The molecule has 0 aromatic heterocycles. The van der Waals surface area contributed by atoms with Crippen molar-refractivity contribution in [2.24, 2.45) is 11.8 Å². The molecule has 0 radical (unpaired) electrons. The predicted molar refractivity (Wildman–Crippen MR) is 80.0 cm³/mol. The highest BCUT2D eigenvalue weighted by atomic mass is 16.2. The Hall–Kier alpha value is -0.530. The van der Waals surface area contributed by atoms with Crippen LogP contribution in [-0.4, -0.2) is 23.4 Å². The van der Waals surface area contributed by atoms with Crippen molar-refractivity contribution in [1.29, 1.82) is 0 Å². The summed E-state index contributed by atoms with van der Waals surface area (Å²) in [6.07, 6.45) is 12.6. The quantitative estimate of drug-likeness (QED) is 0.738. The Morgan fingerprint density at radius 2 is 1.74 bits per heavy atom. The van der Waals surface area contributed by atoms with Gasteiger partial charge in [-0.05, 0) is 37.5 Å². The summed E-state index contributed by atoms with van der Waals surface area (Å²) in [5.41, 5.74) is 0. The smallest absolute Gasteiger partial charge is 0.222 e. The molecule has 1 atom stereocenters. The largest absolute Gasteiger partial charge is 0.339 e. The molecule has 0 spiro atoms. The van der Waals surface area contributed by atoms with Crippen molar-refractivity contribution in [3.05, 3.63) is 0 Å². The summed E-state index contributed by atoms with van der Waals surface area (Å²) in [6.45, 7) is 5.53. The van der Waals surface area contributed by atoms with Crippen LogP contribution in [0.4, 0.5) is 0 Å². The zero-order valence-electron chi connectivity index (χ0n) is 12.9. The van der Waals surface area contributed by atoms with Crippen molar-refractivity contribution in [3.63, 3.8) is 0 Å². The molecule has 0 aromatic carbocycles. The summed E-state index contributed by atoms with van der Waals surface area (Å²) >= 11 is 0. The summed E-state index contributed by atoms with van der Waals surface area (Å²) in [6, 6.07) is 0.507. The minimum atomic E-state index is 0.434. The van der Waals surface area contributed by atoms with Gasteiger partial charge in [-0.15, -0.1) is 0 Å². The molecule has 1 saturated heterocycles. The Labute approximate surface area is 118 Å². The molecule has 19 heavy (non-hydrogen) atoms. The van der Waals surface area contributed by atoms with Gasteiger partial charge in [-0.25, -0.2) is 0 Å². The first-order valence-corrected chi connectivity index (χ1v) is 8.48. The van der Waals surface area contributed by atoms with Gasteiger partial charge in [-0.1, -0.05) is 46.0 Å². The van der Waals surface area contributed by atoms with Crippen LogP contribution in [-0.2, 0) is 4.79 Å². The molecule has 2 fully saturated rings. The van der Waals surface area contributed by atoms with Crippen LogP contribution >= 0.6 is 0 Å². The van der Waals surface area contributed by atoms with Gasteiger partial charge in [0, 0.05) is 19.0 Å². The van der Waals surface area contributed by atoms with Gasteiger partial charge in [0.25, 0.3) is 0 Å². The molecule has 2 aliphatic rings. The van der Waals surface area contributed by atoms with Crippen molar-refractivity contribution in [2.75, 3.05) is 6.54 Å². The average molecular weight is 265 g/mol. The minimum Gasteiger partial charge on any atom is -0.339 e. The van der Waals surface area contributed by atoms with Gasteiger partial charge in [0.05, 0.1) is 0 Å². The van der Waals surface area contributed by atoms with Crippen LogP contribution < -0.4 is 0 Å². The standard InChI is InChI=1S/C17H31NO/c1-14(2)16-10-6-7-13-18(16)17(19)12-11-15-8-4-3-5-9-15/h14-16H,3-13H2,1-2H3/t16-/m1/s1. The van der Waals surface area contributed by atoms with Crippen LogP contribution in [0, 0.1) is 11.8 Å². The van der Waals surface area contributed by atoms with Gasteiger partial charge < -0.3 is 4.90 Å². The number of hydrogen-bond donors (Lipinski definition) is 0. The second-order valence-corrected chi connectivity index (χ2v) is 6.94. The van der Waals surface area contributed by atoms with E-state index in [-0.39, 0.29) is 0 Å². The molecular formula is C17H31NO. The number of hydrogen-bond acceptors (Lipinski definition) is 1. The minimum absolute atomic E-state index is 0.434. The third-order valence-electron chi connectivity index (χ3n) is 5.13. The molecule has 1 aliphatic heterocycles. The lowest BCUT2D eigenvalue weighted by Gasteiger charge is -2.38. The van der Waals surface area contributed by atoms with E-state index in [0.717, 1.165) is 25.3 Å². The lowest BCUT2D eigenvalue weighted by molar-refractivity contribution is -0.136. The number of rotatable bonds is 4. The van der Waals surface area contributed by atoms with Gasteiger partial charge in [0.1, 0.15) is 0 Å². The van der Waals surface area contributed by atoms with Crippen LogP contribution in [0.15, 0.2) is 0 Å². The summed E-state index contributed by atoms with van der Waals surface area (Å²) in [4.78, 5) is 14.7. The fraction of sp³-hybridized carbons (Fsp3) is 0.941. The van der Waals surface area contributed by atoms with Gasteiger partial charge in [-0.2, -0.15) is 0 Å². The molecule has 1 saturated carbocycles. The first-order valence-electron chi connectivity index (χ1n) is 8.48. The predicted octanol–water partition coefficient (Wildman–Crippen LogP) is 4.38. The number of amides is 1. The Morgan fingerprint density at radius 3 is 2.42 bits per heavy atom. The summed E-state index contributed by atoms with van der Waals surface area (Å²) in [5, 5.41) is 0. The van der Waals surface area contributed by atoms with Gasteiger partial charge in [-0.3, -0.25) is 4.79 Å². The van der Waals surface area contributed by atoms with E-state index in [1.165, 1.54) is 51.4 Å². The normalized spacial score (nSPS) is 25.8. The maximum Gasteiger partial charge on any atom is 0.222 e. The molecule has 1 aliphatic carbocycles. The SMILES string of the molecule is CC(C)[C@H]1CCCCN1C(=O)CCC1CCCCC1. The van der Waals surface area contributed by atoms with E-state index in [2.05, 4.69) is 18.7 Å². The first kappa shape index (κ1) is 14.9. The number of carbonyl (C=O) groups excluding carboxylic acids is 1. The highest BCUT2D eigenvalue weighted by molar-refractivity contribution is 5.76. The first-order chi connectivity index (χ1) is 9.18. The van der Waals surface area contributed by atoms with E-state index in [9.17, 15) is 4.79 Å². The van der Waals surface area contributed by atoms with Crippen LogP contribution in [0.5, 0.6) is 0 Å². The van der Waals surface area contributed by atoms with Crippen LogP contribution in [0.25, 0.3) is 0 Å². The Balaban J connectivity index is 1.80. The molecule has 0 N–H and O–H groups in total. The summed E-state index contributed by atoms with van der Waals surface area (Å²) in [5.74, 6) is 1.88. The molecule has 0 aromatic rings. The van der Waals surface area contributed by atoms with E-state index in [4.69, 9.17) is 0 Å². The van der Waals surface area contributed by atoms with Gasteiger partial charge in [0.2, 0.25) is 5.91 Å². The molecule has 1 amide bonds. The highest BCUT2D eigenvalue weighted by Gasteiger charge is 2.28. The second kappa shape index (κ2) is 7.31. The summed E-state index contributed by atoms with van der Waals surface area (Å²) in [7, 11) is 0. The fourth-order valence-electron chi connectivity index (χ4n) is 3.91. The second-order valence-electron chi connectivity index (χ2n) is 6.94. The molecule has 2 heteroatoms. The van der Waals surface area contributed by atoms with Crippen molar-refractivity contribution < 1.29 is 4.79 Å². The molecule has 0 bridgehead atoms. The number of nitrogens with zero attached hydrogens (tertiary/aromatic N) is 1. The van der Waals surface area contributed by atoms with Crippen molar-refractivity contribution in [3.8, 4) is 0 Å². The van der Waals surface area contributed by atoms with E-state index in [1.54, 1.807) is 0 Å². The van der Waals surface area contributed by atoms with Crippen molar-refractivity contribution >= 4 is 5.91 Å². The van der Waals surface area contributed by atoms with E-state index in [0.29, 0.717) is 17.9 Å². The van der Waals surface area contributed by atoms with Crippen LogP contribution in [0.2, 0.25) is 0 Å². The van der Waals surface area contributed by atoms with Crippen molar-refractivity contribution in [1.82, 2.24) is 4.90 Å². The Bertz CT molecular complexity index is 281. The van der Waals surface area contributed by atoms with Gasteiger partial charge in [0.15, 0.2) is 0 Å². The molecule has 0 unspecified atom stereocenters. The lowest BCUT2D eigenvalue weighted by atomic mass is 9.85. The third-order valence-corrected chi connectivity index (χ3v) is 5.13. The topological polar surface area (TPSA) is 20.3 Å². The zero-order chi connectivity index (χ0) is 13.7. The Morgan fingerprint density at radius 1 is 1.05 bits per heavy atom. The summed E-state index contributed by atoms with van der Waals surface area (Å²) < 4.78 is 0. The van der Waals surface area contributed by atoms with E-state index in [1.807, 2.05) is 0 Å². The van der Waals surface area contributed by atoms with Crippen LogP contribution in [0.1, 0.15) is 78.1 Å². The fourth-order valence-corrected chi connectivity index (χ4v) is 3.91. The zero-order valence-corrected chi connectivity index (χ0v) is 12.9. The molecule has 2 rings (SSSR count). The van der Waals surface area contributed by atoms with E-state index >= 15 is 0 Å². The molecule has 1 heterocycles. The van der Waals surface area contributed by atoms with E-state index < -0.39 is 0 Å². The average Bonchev–Trinajstić information content (AvgIpc) is 2.46. The van der Waals surface area contributed by atoms with Crippen LogP contribution in [0.3, 0.4) is 0 Å². The third kappa shape index (κ3) is 4.22.